The van der Waals surface area contributed by atoms with E-state index in [-0.39, 0.29) is 18.3 Å². The summed E-state index contributed by atoms with van der Waals surface area (Å²) in [6.45, 7) is 7.52. The monoisotopic (exact) mass is 293 g/mol. The first-order chi connectivity index (χ1) is 10.1. The topological polar surface area (TPSA) is 60.2 Å². The first-order valence-electron chi connectivity index (χ1n) is 7.04. The lowest BCUT2D eigenvalue weighted by Crippen LogP contribution is -2.12. The van der Waals surface area contributed by atoms with E-state index in [0.717, 1.165) is 12.1 Å². The predicted molar refractivity (Wildman–Crippen MR) is 76.5 cm³/mol. The Hall–Kier alpha value is -1.95. The Kier molecular flexibility index (Phi) is 5.27. The van der Waals surface area contributed by atoms with Crippen LogP contribution in [0.15, 0.2) is 22.7 Å². The van der Waals surface area contributed by atoms with Crippen molar-refractivity contribution in [2.75, 3.05) is 6.54 Å². The molecule has 0 bridgehead atoms. The highest BCUT2D eigenvalue weighted by Gasteiger charge is 2.10. The van der Waals surface area contributed by atoms with Crippen LogP contribution in [0.5, 0.6) is 5.75 Å². The van der Waals surface area contributed by atoms with E-state index in [4.69, 9.17) is 9.26 Å². The molecule has 0 spiro atoms. The molecule has 0 aliphatic heterocycles. The van der Waals surface area contributed by atoms with E-state index >= 15 is 0 Å². The number of aromatic nitrogens is 2. The lowest BCUT2D eigenvalue weighted by molar-refractivity contribution is 0.283. The fourth-order valence-electron chi connectivity index (χ4n) is 1.78. The summed E-state index contributed by atoms with van der Waals surface area (Å²) in [7, 11) is 0. The van der Waals surface area contributed by atoms with E-state index in [1.54, 1.807) is 6.07 Å². The molecule has 0 saturated heterocycles. The van der Waals surface area contributed by atoms with Gasteiger partial charge in [0, 0.05) is 18.5 Å². The van der Waals surface area contributed by atoms with Gasteiger partial charge in [0.15, 0.2) is 6.61 Å². The molecule has 1 aromatic carbocycles. The second-order valence-corrected chi connectivity index (χ2v) is 5.07. The average Bonchev–Trinajstić information content (AvgIpc) is 2.91. The van der Waals surface area contributed by atoms with Gasteiger partial charge in [0.1, 0.15) is 11.6 Å². The Balaban J connectivity index is 1.99. The second-order valence-electron chi connectivity index (χ2n) is 5.07. The van der Waals surface area contributed by atoms with Gasteiger partial charge >= 0.3 is 0 Å². The summed E-state index contributed by atoms with van der Waals surface area (Å²) >= 11 is 0. The predicted octanol–water partition coefficient (Wildman–Crippen LogP) is 3.02. The number of rotatable bonds is 7. The van der Waals surface area contributed by atoms with E-state index in [1.807, 2.05) is 20.8 Å². The van der Waals surface area contributed by atoms with Gasteiger partial charge < -0.3 is 14.6 Å². The lowest BCUT2D eigenvalue weighted by atomic mass is 10.2. The number of hydrogen-bond donors (Lipinski definition) is 1. The van der Waals surface area contributed by atoms with Crippen molar-refractivity contribution in [1.29, 1.82) is 0 Å². The van der Waals surface area contributed by atoms with Gasteiger partial charge in [-0.25, -0.2) is 4.39 Å². The molecule has 0 atom stereocenters. The van der Waals surface area contributed by atoms with Crippen LogP contribution in [0.3, 0.4) is 0 Å². The quantitative estimate of drug-likeness (QED) is 0.850. The third-order valence-corrected chi connectivity index (χ3v) is 2.86. The summed E-state index contributed by atoms with van der Waals surface area (Å²) in [6.07, 6.45) is 0. The molecule has 21 heavy (non-hydrogen) atoms. The van der Waals surface area contributed by atoms with Crippen LogP contribution in [0, 0.1) is 5.82 Å². The molecule has 1 aromatic heterocycles. The van der Waals surface area contributed by atoms with Gasteiger partial charge in [-0.05, 0) is 24.2 Å². The molecular weight excluding hydrogens is 273 g/mol. The van der Waals surface area contributed by atoms with Crippen molar-refractivity contribution in [2.24, 2.45) is 0 Å². The van der Waals surface area contributed by atoms with Gasteiger partial charge in [-0.15, -0.1) is 0 Å². The minimum atomic E-state index is -0.323. The zero-order chi connectivity index (χ0) is 15.2. The standard InChI is InChI=1S/C15H20FN3O2/c1-4-17-8-11-5-12(16)7-13(6-11)20-9-14-18-15(10(2)3)21-19-14/h5-7,10,17H,4,8-9H2,1-3H3. The maximum atomic E-state index is 13.5. The van der Waals surface area contributed by atoms with E-state index in [2.05, 4.69) is 15.5 Å². The minimum Gasteiger partial charge on any atom is -0.485 e. The average molecular weight is 293 g/mol. The van der Waals surface area contributed by atoms with Crippen molar-refractivity contribution in [3.8, 4) is 5.75 Å². The van der Waals surface area contributed by atoms with Crippen LogP contribution in [0.2, 0.25) is 0 Å². The fourth-order valence-corrected chi connectivity index (χ4v) is 1.78. The second kappa shape index (κ2) is 7.17. The third-order valence-electron chi connectivity index (χ3n) is 2.86. The van der Waals surface area contributed by atoms with Crippen LogP contribution < -0.4 is 10.1 Å². The van der Waals surface area contributed by atoms with Crippen molar-refractivity contribution in [1.82, 2.24) is 15.5 Å². The Labute approximate surface area is 123 Å². The van der Waals surface area contributed by atoms with Gasteiger partial charge in [-0.3, -0.25) is 0 Å². The molecule has 2 rings (SSSR count). The summed E-state index contributed by atoms with van der Waals surface area (Å²) in [5, 5.41) is 6.98. The number of benzene rings is 1. The van der Waals surface area contributed by atoms with Crippen molar-refractivity contribution < 1.29 is 13.7 Å². The zero-order valence-corrected chi connectivity index (χ0v) is 12.5. The molecule has 0 aliphatic carbocycles. The van der Waals surface area contributed by atoms with Gasteiger partial charge in [-0.2, -0.15) is 4.98 Å². The number of hydrogen-bond acceptors (Lipinski definition) is 5. The molecule has 0 amide bonds. The lowest BCUT2D eigenvalue weighted by Gasteiger charge is -2.07. The number of nitrogens with zero attached hydrogens (tertiary/aromatic N) is 2. The molecule has 0 saturated carbocycles. The van der Waals surface area contributed by atoms with Crippen molar-refractivity contribution >= 4 is 0 Å². The Bertz CT molecular complexity index is 584. The van der Waals surface area contributed by atoms with E-state index in [0.29, 0.717) is 24.0 Å². The van der Waals surface area contributed by atoms with Crippen LogP contribution >= 0.6 is 0 Å². The molecule has 0 aliphatic rings. The van der Waals surface area contributed by atoms with Crippen LogP contribution in [-0.4, -0.2) is 16.7 Å². The highest BCUT2D eigenvalue weighted by Crippen LogP contribution is 2.18. The summed E-state index contributed by atoms with van der Waals surface area (Å²) < 4.78 is 24.2. The van der Waals surface area contributed by atoms with Gasteiger partial charge in [0.2, 0.25) is 11.7 Å². The molecule has 1 N–H and O–H groups in total. The SMILES string of the molecule is CCNCc1cc(F)cc(OCc2noc(C(C)C)n2)c1. The Morgan fingerprint density at radius 3 is 2.81 bits per heavy atom. The maximum absolute atomic E-state index is 13.5. The highest BCUT2D eigenvalue weighted by atomic mass is 19.1. The third kappa shape index (κ3) is 4.53. The molecular formula is C15H20FN3O2. The molecule has 0 unspecified atom stereocenters. The fraction of sp³-hybridized carbons (Fsp3) is 0.467. The molecule has 1 heterocycles. The smallest absolute Gasteiger partial charge is 0.229 e. The van der Waals surface area contributed by atoms with Crippen molar-refractivity contribution in [3.05, 3.63) is 41.3 Å². The van der Waals surface area contributed by atoms with Crippen molar-refractivity contribution in [2.45, 2.75) is 39.8 Å². The van der Waals surface area contributed by atoms with Gasteiger partial charge in [-0.1, -0.05) is 25.9 Å². The zero-order valence-electron chi connectivity index (χ0n) is 12.5. The van der Waals surface area contributed by atoms with Crippen LogP contribution in [0.25, 0.3) is 0 Å². The summed E-state index contributed by atoms with van der Waals surface area (Å²) in [4.78, 5) is 4.21. The Morgan fingerprint density at radius 2 is 2.14 bits per heavy atom. The molecule has 2 aromatic rings. The van der Waals surface area contributed by atoms with Crippen LogP contribution in [0.1, 0.15) is 44.0 Å². The Morgan fingerprint density at radius 1 is 1.33 bits per heavy atom. The molecule has 0 fully saturated rings. The first-order valence-corrected chi connectivity index (χ1v) is 7.04. The van der Waals surface area contributed by atoms with E-state index in [9.17, 15) is 4.39 Å². The van der Waals surface area contributed by atoms with Crippen LogP contribution in [0.4, 0.5) is 4.39 Å². The van der Waals surface area contributed by atoms with E-state index in [1.165, 1.54) is 12.1 Å². The molecule has 114 valence electrons. The first kappa shape index (κ1) is 15.4. The molecule has 0 radical (unpaired) electrons. The number of nitrogens with one attached hydrogen (secondary N) is 1. The van der Waals surface area contributed by atoms with E-state index < -0.39 is 0 Å². The molecule has 6 heteroatoms. The number of halogens is 1. The summed E-state index contributed by atoms with van der Waals surface area (Å²) in [6, 6.07) is 4.63. The normalized spacial score (nSPS) is 11.1. The van der Waals surface area contributed by atoms with Gasteiger partial charge in [0.25, 0.3) is 0 Å². The highest BCUT2D eigenvalue weighted by molar-refractivity contribution is 5.29. The maximum Gasteiger partial charge on any atom is 0.229 e. The summed E-state index contributed by atoms with van der Waals surface area (Å²) in [5.74, 6) is 1.33. The van der Waals surface area contributed by atoms with Crippen LogP contribution in [-0.2, 0) is 13.2 Å². The minimum absolute atomic E-state index is 0.153. The molecule has 5 nitrogen and oxygen atoms in total. The summed E-state index contributed by atoms with van der Waals surface area (Å²) in [5.41, 5.74) is 0.836. The van der Waals surface area contributed by atoms with Gasteiger partial charge in [0.05, 0.1) is 0 Å². The number of ether oxygens (including phenoxy) is 1. The van der Waals surface area contributed by atoms with Crippen molar-refractivity contribution in [3.63, 3.8) is 0 Å². The largest absolute Gasteiger partial charge is 0.485 e.